The normalized spacial score (nSPS) is 24.2. The molecule has 5 nitrogen and oxygen atoms in total. The van der Waals surface area contributed by atoms with E-state index < -0.39 is 0 Å². The third-order valence-electron chi connectivity index (χ3n) is 5.65. The molecule has 1 atom stereocenters. The van der Waals surface area contributed by atoms with Crippen molar-refractivity contribution in [2.75, 3.05) is 20.1 Å². The van der Waals surface area contributed by atoms with Crippen LogP contribution in [-0.4, -0.2) is 46.8 Å². The Morgan fingerprint density at radius 1 is 1.33 bits per heavy atom. The number of halogens is 1. The van der Waals surface area contributed by atoms with Gasteiger partial charge in [-0.2, -0.15) is 5.10 Å². The van der Waals surface area contributed by atoms with E-state index in [9.17, 15) is 4.79 Å². The van der Waals surface area contributed by atoms with E-state index in [-0.39, 0.29) is 18.3 Å². The van der Waals surface area contributed by atoms with Gasteiger partial charge in [0.1, 0.15) is 5.69 Å². The van der Waals surface area contributed by atoms with E-state index in [2.05, 4.69) is 24.3 Å². The number of aromatic nitrogens is 2. The second kappa shape index (κ2) is 7.87. The Bertz CT molecular complexity index is 541. The highest BCUT2D eigenvalue weighted by atomic mass is 35.5. The lowest BCUT2D eigenvalue weighted by Gasteiger charge is -2.38. The van der Waals surface area contributed by atoms with E-state index in [1.807, 2.05) is 28.9 Å². The van der Waals surface area contributed by atoms with Crippen LogP contribution in [0.15, 0.2) is 12.3 Å². The summed E-state index contributed by atoms with van der Waals surface area (Å²) in [6, 6.07) is 2.61. The van der Waals surface area contributed by atoms with Crippen LogP contribution < -0.4 is 5.32 Å². The van der Waals surface area contributed by atoms with Crippen LogP contribution in [0.4, 0.5) is 0 Å². The number of hydrogen-bond donors (Lipinski definition) is 1. The first kappa shape index (κ1) is 19.3. The third kappa shape index (κ3) is 4.31. The molecule has 1 saturated heterocycles. The van der Waals surface area contributed by atoms with Crippen LogP contribution in [0.1, 0.15) is 68.9 Å². The molecule has 1 aromatic heterocycles. The topological polar surface area (TPSA) is 50.2 Å². The Morgan fingerprint density at radius 2 is 2.04 bits per heavy atom. The molecule has 0 aromatic carbocycles. The van der Waals surface area contributed by atoms with Crippen molar-refractivity contribution in [1.82, 2.24) is 20.0 Å². The predicted octanol–water partition coefficient (Wildman–Crippen LogP) is 3.27. The molecule has 0 spiro atoms. The summed E-state index contributed by atoms with van der Waals surface area (Å²) in [5.41, 5.74) is 1.01. The van der Waals surface area contributed by atoms with E-state index in [1.54, 1.807) is 0 Å². The van der Waals surface area contributed by atoms with Gasteiger partial charge in [0.25, 0.3) is 5.91 Å². The lowest BCUT2D eigenvalue weighted by atomic mass is 9.75. The maximum absolute atomic E-state index is 12.7. The molecule has 2 fully saturated rings. The monoisotopic (exact) mass is 354 g/mol. The third-order valence-corrected chi connectivity index (χ3v) is 5.65. The van der Waals surface area contributed by atoms with Crippen LogP contribution in [0.5, 0.6) is 0 Å². The highest BCUT2D eigenvalue weighted by molar-refractivity contribution is 5.92. The van der Waals surface area contributed by atoms with Crippen molar-refractivity contribution < 1.29 is 4.79 Å². The van der Waals surface area contributed by atoms with Crippen LogP contribution in [0, 0.1) is 5.41 Å². The van der Waals surface area contributed by atoms with Gasteiger partial charge in [-0.3, -0.25) is 9.48 Å². The fourth-order valence-corrected chi connectivity index (χ4v) is 3.83. The minimum atomic E-state index is 0. The Balaban J connectivity index is 0.00000208. The quantitative estimate of drug-likeness (QED) is 0.906. The van der Waals surface area contributed by atoms with Crippen molar-refractivity contribution in [3.8, 4) is 0 Å². The van der Waals surface area contributed by atoms with E-state index in [1.165, 1.54) is 19.3 Å². The lowest BCUT2D eigenvalue weighted by Crippen LogP contribution is -2.41. The molecule has 0 radical (unpaired) electrons. The molecule has 1 N–H and O–H groups in total. The molecule has 136 valence electrons. The molecule has 1 aliphatic heterocycles. The van der Waals surface area contributed by atoms with Gasteiger partial charge < -0.3 is 10.2 Å². The fraction of sp³-hybridized carbons (Fsp3) is 0.778. The predicted molar refractivity (Wildman–Crippen MR) is 98.7 cm³/mol. The van der Waals surface area contributed by atoms with Crippen LogP contribution in [0.25, 0.3) is 0 Å². The van der Waals surface area contributed by atoms with Crippen molar-refractivity contribution in [3.63, 3.8) is 0 Å². The maximum atomic E-state index is 12.7. The Morgan fingerprint density at radius 3 is 2.67 bits per heavy atom. The zero-order chi connectivity index (χ0) is 16.4. The van der Waals surface area contributed by atoms with Crippen molar-refractivity contribution in [1.29, 1.82) is 0 Å². The van der Waals surface area contributed by atoms with Gasteiger partial charge in [-0.1, -0.05) is 13.8 Å². The second-order valence-electron chi connectivity index (χ2n) is 7.99. The summed E-state index contributed by atoms with van der Waals surface area (Å²) in [6.07, 6.45) is 8.85. The van der Waals surface area contributed by atoms with Gasteiger partial charge in [-0.25, -0.2) is 0 Å². The standard InChI is InChI=1S/C18H30N4O.ClH/c1-18(2)9-6-14(7-10-18)21(3)17(23)16-8-12-22(20-16)15-5-4-11-19-13-15;/h8,12,14-15,19H,4-7,9-11,13H2,1-3H3;1H. The molecular formula is C18H31ClN4O. The first-order chi connectivity index (χ1) is 11.0. The van der Waals surface area contributed by atoms with Crippen molar-refractivity contribution >= 4 is 18.3 Å². The summed E-state index contributed by atoms with van der Waals surface area (Å²) in [7, 11) is 1.94. The second-order valence-corrected chi connectivity index (χ2v) is 7.99. The highest BCUT2D eigenvalue weighted by Crippen LogP contribution is 2.36. The number of nitrogens with one attached hydrogen (secondary N) is 1. The number of piperidine rings is 1. The van der Waals surface area contributed by atoms with Crippen LogP contribution in [0.3, 0.4) is 0 Å². The zero-order valence-electron chi connectivity index (χ0n) is 15.1. The van der Waals surface area contributed by atoms with Gasteiger partial charge in [0.15, 0.2) is 0 Å². The minimum Gasteiger partial charge on any atom is -0.337 e. The summed E-state index contributed by atoms with van der Waals surface area (Å²) in [5, 5.41) is 7.96. The van der Waals surface area contributed by atoms with Gasteiger partial charge in [0.05, 0.1) is 6.04 Å². The number of hydrogen-bond acceptors (Lipinski definition) is 3. The van der Waals surface area contributed by atoms with Crippen molar-refractivity contribution in [2.24, 2.45) is 5.41 Å². The molecule has 1 unspecified atom stereocenters. The van der Waals surface area contributed by atoms with E-state index in [0.29, 0.717) is 23.2 Å². The number of nitrogens with zero attached hydrogens (tertiary/aromatic N) is 3. The van der Waals surface area contributed by atoms with E-state index >= 15 is 0 Å². The molecule has 1 aromatic rings. The van der Waals surface area contributed by atoms with Crippen LogP contribution in [-0.2, 0) is 0 Å². The molecule has 1 aliphatic carbocycles. The summed E-state index contributed by atoms with van der Waals surface area (Å²) >= 11 is 0. The summed E-state index contributed by atoms with van der Waals surface area (Å²) in [5.74, 6) is 0.0669. The van der Waals surface area contributed by atoms with Gasteiger partial charge >= 0.3 is 0 Å². The maximum Gasteiger partial charge on any atom is 0.274 e. The Kier molecular flexibility index (Phi) is 6.32. The van der Waals surface area contributed by atoms with E-state index in [4.69, 9.17) is 0 Å². The summed E-state index contributed by atoms with van der Waals surface area (Å²) in [6.45, 7) is 6.68. The number of amides is 1. The lowest BCUT2D eigenvalue weighted by molar-refractivity contribution is 0.0628. The smallest absolute Gasteiger partial charge is 0.274 e. The molecule has 2 heterocycles. The molecule has 1 saturated carbocycles. The Hall–Kier alpha value is -1.07. The molecule has 6 heteroatoms. The largest absolute Gasteiger partial charge is 0.337 e. The molecule has 0 bridgehead atoms. The number of rotatable bonds is 3. The van der Waals surface area contributed by atoms with Crippen molar-refractivity contribution in [3.05, 3.63) is 18.0 Å². The molecular weight excluding hydrogens is 324 g/mol. The van der Waals surface area contributed by atoms with Gasteiger partial charge in [-0.15, -0.1) is 12.4 Å². The van der Waals surface area contributed by atoms with Crippen LogP contribution in [0.2, 0.25) is 0 Å². The molecule has 3 rings (SSSR count). The average Bonchev–Trinajstić information content (AvgIpc) is 3.04. The van der Waals surface area contributed by atoms with E-state index in [0.717, 1.165) is 32.4 Å². The Labute approximate surface area is 151 Å². The summed E-state index contributed by atoms with van der Waals surface area (Å²) < 4.78 is 1.97. The number of carbonyl (C=O) groups is 1. The SMILES string of the molecule is CN(C(=O)c1ccn(C2CCCNC2)n1)C1CCC(C)(C)CC1.Cl. The van der Waals surface area contributed by atoms with Crippen LogP contribution >= 0.6 is 12.4 Å². The molecule has 24 heavy (non-hydrogen) atoms. The van der Waals surface area contributed by atoms with Gasteiger partial charge in [0.2, 0.25) is 0 Å². The van der Waals surface area contributed by atoms with Crippen molar-refractivity contribution in [2.45, 2.75) is 64.5 Å². The summed E-state index contributed by atoms with van der Waals surface area (Å²) in [4.78, 5) is 14.7. The molecule has 1 amide bonds. The molecule has 2 aliphatic rings. The average molecular weight is 355 g/mol. The first-order valence-electron chi connectivity index (χ1n) is 8.99. The minimum absolute atomic E-state index is 0. The fourth-order valence-electron chi connectivity index (χ4n) is 3.83. The van der Waals surface area contributed by atoms with Gasteiger partial charge in [0, 0.05) is 25.8 Å². The number of carbonyl (C=O) groups excluding carboxylic acids is 1. The zero-order valence-corrected chi connectivity index (χ0v) is 15.9. The first-order valence-corrected chi connectivity index (χ1v) is 8.99. The van der Waals surface area contributed by atoms with Gasteiger partial charge in [-0.05, 0) is 56.6 Å². The highest BCUT2D eigenvalue weighted by Gasteiger charge is 2.31.